The Morgan fingerprint density at radius 3 is 2.80 bits per heavy atom. The molecule has 1 aromatic heterocycles. The molecule has 0 aliphatic heterocycles. The van der Waals surface area contributed by atoms with Crippen LogP contribution in [0.5, 0.6) is 0 Å². The van der Waals surface area contributed by atoms with Crippen molar-refractivity contribution in [3.8, 4) is 5.69 Å². The summed E-state index contributed by atoms with van der Waals surface area (Å²) in [5.74, 6) is 0. The van der Waals surface area contributed by atoms with E-state index in [-0.39, 0.29) is 0 Å². The third-order valence-electron chi connectivity index (χ3n) is 3.94. The van der Waals surface area contributed by atoms with Crippen molar-refractivity contribution in [3.05, 3.63) is 47.3 Å². The van der Waals surface area contributed by atoms with Gasteiger partial charge < -0.3 is 5.32 Å². The van der Waals surface area contributed by atoms with Gasteiger partial charge in [-0.15, -0.1) is 0 Å². The van der Waals surface area contributed by atoms with Gasteiger partial charge in [-0.1, -0.05) is 31.5 Å². The van der Waals surface area contributed by atoms with Crippen molar-refractivity contribution >= 4 is 0 Å². The largest absolute Gasteiger partial charge is 0.310 e. The molecule has 2 aromatic rings. The molecule has 0 saturated heterocycles. The molecule has 3 rings (SSSR count). The Balaban J connectivity index is 1.91. The van der Waals surface area contributed by atoms with Crippen LogP contribution in [0.4, 0.5) is 0 Å². The lowest BCUT2D eigenvalue weighted by atomic mass is 10.1. The first-order valence-corrected chi connectivity index (χ1v) is 7.64. The lowest BCUT2D eigenvalue weighted by Crippen LogP contribution is -2.16. The van der Waals surface area contributed by atoms with Crippen LogP contribution in [0.15, 0.2) is 30.5 Å². The van der Waals surface area contributed by atoms with Crippen molar-refractivity contribution in [2.75, 3.05) is 0 Å². The van der Waals surface area contributed by atoms with Gasteiger partial charge in [-0.3, -0.25) is 0 Å². The number of nitrogens with one attached hydrogen (secondary N) is 1. The summed E-state index contributed by atoms with van der Waals surface area (Å²) in [5.41, 5.74) is 5.18. The molecule has 0 bridgehead atoms. The van der Waals surface area contributed by atoms with Gasteiger partial charge in [0.25, 0.3) is 0 Å². The van der Waals surface area contributed by atoms with Gasteiger partial charge in [-0.25, -0.2) is 4.68 Å². The Morgan fingerprint density at radius 1 is 1.30 bits per heavy atom. The van der Waals surface area contributed by atoms with Crippen LogP contribution < -0.4 is 5.32 Å². The van der Waals surface area contributed by atoms with E-state index in [1.807, 2.05) is 6.20 Å². The molecule has 1 saturated carbocycles. The van der Waals surface area contributed by atoms with Crippen LogP contribution in [0.2, 0.25) is 0 Å². The molecule has 1 fully saturated rings. The molecule has 0 spiro atoms. The van der Waals surface area contributed by atoms with Crippen LogP contribution in [0.25, 0.3) is 5.69 Å². The second kappa shape index (κ2) is 5.80. The first kappa shape index (κ1) is 13.4. The minimum Gasteiger partial charge on any atom is -0.310 e. The Hall–Kier alpha value is -1.61. The molecule has 0 atom stereocenters. The van der Waals surface area contributed by atoms with Crippen LogP contribution >= 0.6 is 0 Å². The second-order valence-electron chi connectivity index (χ2n) is 5.72. The first-order valence-electron chi connectivity index (χ1n) is 7.64. The van der Waals surface area contributed by atoms with Gasteiger partial charge >= 0.3 is 0 Å². The van der Waals surface area contributed by atoms with E-state index in [0.717, 1.165) is 25.4 Å². The van der Waals surface area contributed by atoms with Crippen LogP contribution in [0.1, 0.15) is 43.0 Å². The molecule has 0 amide bonds. The Kier molecular flexibility index (Phi) is 3.88. The number of hydrogen-bond donors (Lipinski definition) is 1. The lowest BCUT2D eigenvalue weighted by Gasteiger charge is -2.11. The molecular weight excluding hydrogens is 246 g/mol. The van der Waals surface area contributed by atoms with Crippen molar-refractivity contribution in [1.29, 1.82) is 0 Å². The van der Waals surface area contributed by atoms with Crippen LogP contribution in [0.3, 0.4) is 0 Å². The fourth-order valence-electron chi connectivity index (χ4n) is 2.61. The lowest BCUT2D eigenvalue weighted by molar-refractivity contribution is 0.676. The van der Waals surface area contributed by atoms with Crippen molar-refractivity contribution in [1.82, 2.24) is 15.1 Å². The fourth-order valence-corrected chi connectivity index (χ4v) is 2.61. The van der Waals surface area contributed by atoms with Crippen LogP contribution in [-0.4, -0.2) is 15.8 Å². The van der Waals surface area contributed by atoms with Gasteiger partial charge in [0.2, 0.25) is 0 Å². The number of para-hydroxylation sites is 1. The van der Waals surface area contributed by atoms with Crippen molar-refractivity contribution in [2.24, 2.45) is 0 Å². The van der Waals surface area contributed by atoms with Crippen LogP contribution in [0, 0.1) is 6.92 Å². The fraction of sp³-hybridized carbons (Fsp3) is 0.471. The molecular formula is C17H23N3. The van der Waals surface area contributed by atoms with Crippen LogP contribution in [-0.2, 0) is 13.0 Å². The van der Waals surface area contributed by atoms with E-state index in [1.165, 1.54) is 35.3 Å². The van der Waals surface area contributed by atoms with Gasteiger partial charge in [0.1, 0.15) is 0 Å². The summed E-state index contributed by atoms with van der Waals surface area (Å²) in [6, 6.07) is 9.21. The van der Waals surface area contributed by atoms with Gasteiger partial charge in [-0.05, 0) is 37.8 Å². The monoisotopic (exact) mass is 269 g/mol. The maximum atomic E-state index is 4.64. The minimum atomic E-state index is 0.742. The third-order valence-corrected chi connectivity index (χ3v) is 3.94. The van der Waals surface area contributed by atoms with Gasteiger partial charge in [0.05, 0.1) is 11.9 Å². The van der Waals surface area contributed by atoms with E-state index in [0.29, 0.717) is 0 Å². The summed E-state index contributed by atoms with van der Waals surface area (Å²) in [6.45, 7) is 5.33. The van der Waals surface area contributed by atoms with Gasteiger partial charge in [-0.2, -0.15) is 5.10 Å². The zero-order valence-corrected chi connectivity index (χ0v) is 12.4. The molecule has 0 unspecified atom stereocenters. The number of aryl methyl sites for hydroxylation is 1. The number of hydrogen-bond acceptors (Lipinski definition) is 2. The topological polar surface area (TPSA) is 29.9 Å². The summed E-state index contributed by atoms with van der Waals surface area (Å²) in [7, 11) is 0. The Labute approximate surface area is 121 Å². The summed E-state index contributed by atoms with van der Waals surface area (Å²) < 4.78 is 2.13. The summed E-state index contributed by atoms with van der Waals surface area (Å²) >= 11 is 0. The standard InChI is InChI=1S/C17H23N3/c1-3-6-17-14(11-18-15-9-10-15)12-19-20(17)16-8-5-4-7-13(16)2/h4-5,7-8,12,15,18H,3,6,9-11H2,1-2H3. The molecule has 3 heteroatoms. The van der Waals surface area contributed by atoms with E-state index in [4.69, 9.17) is 0 Å². The smallest absolute Gasteiger partial charge is 0.0678 e. The summed E-state index contributed by atoms with van der Waals surface area (Å²) in [6.07, 6.45) is 6.92. The number of nitrogens with zero attached hydrogens (tertiary/aromatic N) is 2. The second-order valence-corrected chi connectivity index (χ2v) is 5.72. The molecule has 1 aromatic carbocycles. The highest BCUT2D eigenvalue weighted by Crippen LogP contribution is 2.22. The van der Waals surface area contributed by atoms with E-state index < -0.39 is 0 Å². The normalized spacial score (nSPS) is 14.7. The van der Waals surface area contributed by atoms with E-state index >= 15 is 0 Å². The van der Waals surface area contributed by atoms with Gasteiger partial charge in [0.15, 0.2) is 0 Å². The maximum Gasteiger partial charge on any atom is 0.0678 e. The predicted molar refractivity (Wildman–Crippen MR) is 82.2 cm³/mol. The SMILES string of the molecule is CCCc1c(CNC2CC2)cnn1-c1ccccc1C. The molecule has 0 radical (unpaired) electrons. The van der Waals surface area contributed by atoms with E-state index in [2.05, 4.69) is 53.2 Å². The highest BCUT2D eigenvalue weighted by atomic mass is 15.3. The molecule has 3 nitrogen and oxygen atoms in total. The maximum absolute atomic E-state index is 4.64. The first-order chi connectivity index (χ1) is 9.79. The summed E-state index contributed by atoms with van der Waals surface area (Å²) in [4.78, 5) is 0. The minimum absolute atomic E-state index is 0.742. The highest BCUT2D eigenvalue weighted by molar-refractivity contribution is 5.42. The average Bonchev–Trinajstić information content (AvgIpc) is 3.20. The summed E-state index contributed by atoms with van der Waals surface area (Å²) in [5, 5.41) is 8.24. The van der Waals surface area contributed by atoms with E-state index in [9.17, 15) is 0 Å². The molecule has 1 N–H and O–H groups in total. The molecule has 1 heterocycles. The number of aromatic nitrogens is 2. The van der Waals surface area contributed by atoms with E-state index in [1.54, 1.807) is 0 Å². The van der Waals surface area contributed by atoms with Gasteiger partial charge in [0, 0.05) is 23.8 Å². The Morgan fingerprint density at radius 2 is 2.10 bits per heavy atom. The van der Waals surface area contributed by atoms with Crippen molar-refractivity contribution in [2.45, 2.75) is 52.1 Å². The molecule has 20 heavy (non-hydrogen) atoms. The highest BCUT2D eigenvalue weighted by Gasteiger charge is 2.21. The number of benzene rings is 1. The third kappa shape index (κ3) is 2.78. The zero-order chi connectivity index (χ0) is 13.9. The van der Waals surface area contributed by atoms with Crippen molar-refractivity contribution < 1.29 is 0 Å². The average molecular weight is 269 g/mol. The molecule has 1 aliphatic carbocycles. The number of rotatable bonds is 6. The predicted octanol–water partition coefficient (Wildman–Crippen LogP) is 3.39. The molecule has 1 aliphatic rings. The zero-order valence-electron chi connectivity index (χ0n) is 12.4. The molecule has 106 valence electrons. The quantitative estimate of drug-likeness (QED) is 0.871. The van der Waals surface area contributed by atoms with Crippen molar-refractivity contribution in [3.63, 3.8) is 0 Å². The Bertz CT molecular complexity index is 582.